The zero-order chi connectivity index (χ0) is 14.7. The van der Waals surface area contributed by atoms with Crippen molar-refractivity contribution in [1.82, 2.24) is 10.0 Å². The third kappa shape index (κ3) is 2.35. The number of carbonyl (C=O) groups excluding carboxylic acids is 1. The number of aliphatic hydroxyl groups excluding tert-OH is 1. The van der Waals surface area contributed by atoms with Crippen molar-refractivity contribution < 1.29 is 14.3 Å². The second-order valence-corrected chi connectivity index (χ2v) is 4.34. The molecule has 0 saturated heterocycles. The molecule has 2 N–H and O–H groups in total. The molecule has 7 heteroatoms. The molecule has 2 aromatic rings. The van der Waals surface area contributed by atoms with Crippen LogP contribution in [-0.4, -0.2) is 28.9 Å². The minimum absolute atomic E-state index is 0.0419. The summed E-state index contributed by atoms with van der Waals surface area (Å²) in [5.74, 6) is -0.624. The van der Waals surface area contributed by atoms with E-state index in [0.717, 1.165) is 0 Å². The van der Waals surface area contributed by atoms with E-state index in [9.17, 15) is 14.9 Å². The first-order valence-corrected chi connectivity index (χ1v) is 6.21. The lowest BCUT2D eigenvalue weighted by Crippen LogP contribution is -2.37. The van der Waals surface area contributed by atoms with Gasteiger partial charge in [-0.05, 0) is 19.4 Å². The number of aromatic nitrogens is 2. The van der Waals surface area contributed by atoms with Crippen LogP contribution >= 0.6 is 0 Å². The number of benzene rings is 1. The molecule has 0 atom stereocenters. The van der Waals surface area contributed by atoms with Crippen LogP contribution in [0.25, 0.3) is 11.0 Å². The van der Waals surface area contributed by atoms with Gasteiger partial charge >= 0.3 is 11.6 Å². The Balaban J connectivity index is 2.54. The molecule has 0 unspecified atom stereocenters. The monoisotopic (exact) mass is 277 g/mol. The molecule has 7 nitrogen and oxygen atoms in total. The molecule has 0 spiro atoms. The summed E-state index contributed by atoms with van der Waals surface area (Å²) in [4.78, 5) is 24.2. The topological polar surface area (TPSA) is 100 Å². The third-order valence-electron chi connectivity index (χ3n) is 3.01. The summed E-state index contributed by atoms with van der Waals surface area (Å²) in [6.07, 6.45) is 0.384. The molecule has 0 saturated carbocycles. The van der Waals surface area contributed by atoms with Crippen LogP contribution in [0.3, 0.4) is 0 Å². The van der Waals surface area contributed by atoms with E-state index in [4.69, 9.17) is 5.11 Å². The Kier molecular flexibility index (Phi) is 3.99. The number of amides is 1. The zero-order valence-electron chi connectivity index (χ0n) is 11.0. The van der Waals surface area contributed by atoms with E-state index in [1.54, 1.807) is 12.1 Å². The molecule has 0 radical (unpaired) electrons. The Bertz CT molecular complexity index is 709. The first-order chi connectivity index (χ1) is 9.57. The maximum Gasteiger partial charge on any atom is 0.346 e. The highest BCUT2D eigenvalue weighted by atomic mass is 16.5. The fraction of sp³-hybridized carbons (Fsp3) is 0.308. The number of aliphatic hydroxyl groups is 1. The van der Waals surface area contributed by atoms with Crippen LogP contribution < -0.4 is 9.74 Å². The molecular weight excluding hydrogens is 262 g/mol. The molecule has 1 aromatic heterocycles. The van der Waals surface area contributed by atoms with Crippen LogP contribution in [0.15, 0.2) is 24.3 Å². The van der Waals surface area contributed by atoms with E-state index < -0.39 is 5.91 Å². The lowest BCUT2D eigenvalue weighted by atomic mass is 10.2. The molecule has 0 aliphatic rings. The molecule has 1 amide bonds. The van der Waals surface area contributed by atoms with Gasteiger partial charge in [0.2, 0.25) is 0 Å². The van der Waals surface area contributed by atoms with Crippen LogP contribution in [0, 0.1) is 17.0 Å². The highest BCUT2D eigenvalue weighted by Crippen LogP contribution is 2.13. The molecule has 0 bridgehead atoms. The standard InChI is InChI=1S/C13H15N3O4/c1-9-12(13(18)14-7-4-8-17)16(20)11-6-3-2-5-10(11)15(9)19/h2-3,5-6,17H,4,7-8H2,1H3,(H,14,18). The van der Waals surface area contributed by atoms with Crippen molar-refractivity contribution in [2.24, 2.45) is 0 Å². The molecule has 106 valence electrons. The van der Waals surface area contributed by atoms with Gasteiger partial charge in [-0.3, -0.25) is 4.79 Å². The molecule has 1 aromatic carbocycles. The van der Waals surface area contributed by atoms with Crippen molar-refractivity contribution in [2.45, 2.75) is 13.3 Å². The number of nitrogens with zero attached hydrogens (tertiary/aromatic N) is 2. The zero-order valence-corrected chi connectivity index (χ0v) is 11.0. The maximum absolute atomic E-state index is 12.2. The summed E-state index contributed by atoms with van der Waals surface area (Å²) in [5, 5.41) is 23.3. The number of nitrogens with one attached hydrogen (secondary N) is 1. The molecule has 0 fully saturated rings. The molecular formula is C13H15N3O4. The summed E-state index contributed by atoms with van der Waals surface area (Å²) in [6, 6.07) is 6.29. The third-order valence-corrected chi connectivity index (χ3v) is 3.01. The normalized spacial score (nSPS) is 10.7. The minimum atomic E-state index is -0.624. The predicted molar refractivity (Wildman–Crippen MR) is 72.8 cm³/mol. The highest BCUT2D eigenvalue weighted by molar-refractivity contribution is 5.93. The van der Waals surface area contributed by atoms with Crippen LogP contribution in [0.5, 0.6) is 0 Å². The summed E-state index contributed by atoms with van der Waals surface area (Å²) < 4.78 is 1.04. The van der Waals surface area contributed by atoms with E-state index in [1.807, 2.05) is 0 Å². The molecule has 0 aliphatic carbocycles. The second-order valence-electron chi connectivity index (χ2n) is 4.34. The number of hydrogen-bond donors (Lipinski definition) is 2. The summed E-state index contributed by atoms with van der Waals surface area (Å²) in [6.45, 7) is 1.60. The van der Waals surface area contributed by atoms with Crippen LogP contribution in [0.2, 0.25) is 0 Å². The van der Waals surface area contributed by atoms with Crippen molar-refractivity contribution in [3.63, 3.8) is 0 Å². The van der Waals surface area contributed by atoms with Crippen molar-refractivity contribution in [3.05, 3.63) is 45.8 Å². The van der Waals surface area contributed by atoms with Gasteiger partial charge < -0.3 is 20.4 Å². The Hall–Kier alpha value is -2.41. The van der Waals surface area contributed by atoms with Crippen LogP contribution in [0.1, 0.15) is 22.6 Å². The Labute approximate surface area is 114 Å². The van der Waals surface area contributed by atoms with Gasteiger partial charge in [0.1, 0.15) is 5.52 Å². The molecule has 0 aliphatic heterocycles. The summed E-state index contributed by atoms with van der Waals surface area (Å²) in [7, 11) is 0. The van der Waals surface area contributed by atoms with Gasteiger partial charge in [0.15, 0.2) is 0 Å². The molecule has 2 rings (SSSR count). The SMILES string of the molecule is Cc1c(C(=O)NCCCO)[n+](=O)c2ccccc2n1[O-]. The number of carbonyl (C=O) groups is 1. The number of hydrogen-bond acceptors (Lipinski definition) is 4. The van der Waals surface area contributed by atoms with Gasteiger partial charge in [-0.15, -0.1) is 0 Å². The molecule has 20 heavy (non-hydrogen) atoms. The van der Waals surface area contributed by atoms with Gasteiger partial charge in [0.25, 0.3) is 5.52 Å². The van der Waals surface area contributed by atoms with E-state index in [1.165, 1.54) is 19.1 Å². The predicted octanol–water partition coefficient (Wildman–Crippen LogP) is 0.322. The van der Waals surface area contributed by atoms with Crippen LogP contribution in [0.4, 0.5) is 0 Å². The maximum atomic E-state index is 12.2. The lowest BCUT2D eigenvalue weighted by molar-refractivity contribution is -0.468. The van der Waals surface area contributed by atoms with E-state index in [2.05, 4.69) is 5.32 Å². The highest BCUT2D eigenvalue weighted by Gasteiger charge is 2.26. The quantitative estimate of drug-likeness (QED) is 0.621. The van der Waals surface area contributed by atoms with E-state index >= 15 is 0 Å². The van der Waals surface area contributed by atoms with Crippen molar-refractivity contribution in [1.29, 1.82) is 0 Å². The summed E-state index contributed by atoms with van der Waals surface area (Å²) in [5.41, 5.74) is 0.171. The number of fused-ring (bicyclic) bond motifs is 1. The van der Waals surface area contributed by atoms with Gasteiger partial charge in [-0.1, -0.05) is 12.1 Å². The average Bonchev–Trinajstić information content (AvgIpc) is 2.45. The van der Waals surface area contributed by atoms with Crippen LogP contribution in [-0.2, 0) is 0 Å². The first-order valence-electron chi connectivity index (χ1n) is 6.21. The smallest absolute Gasteiger partial charge is 0.346 e. The van der Waals surface area contributed by atoms with Crippen molar-refractivity contribution >= 4 is 16.9 Å². The van der Waals surface area contributed by atoms with Gasteiger partial charge in [0, 0.05) is 24.1 Å². The fourth-order valence-electron chi connectivity index (χ4n) is 1.97. The Morgan fingerprint density at radius 1 is 1.45 bits per heavy atom. The largest absolute Gasteiger partial charge is 0.805 e. The fourth-order valence-corrected chi connectivity index (χ4v) is 1.97. The van der Waals surface area contributed by atoms with Gasteiger partial charge in [0.05, 0.1) is 10.1 Å². The van der Waals surface area contributed by atoms with Crippen molar-refractivity contribution in [3.8, 4) is 0 Å². The van der Waals surface area contributed by atoms with Gasteiger partial charge in [-0.2, -0.15) is 0 Å². The second kappa shape index (κ2) is 5.70. The van der Waals surface area contributed by atoms with Gasteiger partial charge in [-0.25, -0.2) is 0 Å². The number of rotatable bonds is 4. The summed E-state index contributed by atoms with van der Waals surface area (Å²) >= 11 is 0. The van der Waals surface area contributed by atoms with Crippen molar-refractivity contribution in [2.75, 3.05) is 13.2 Å². The first kappa shape index (κ1) is 14.0. The lowest BCUT2D eigenvalue weighted by Gasteiger charge is -2.16. The number of para-hydroxylation sites is 2. The Morgan fingerprint density at radius 2 is 2.15 bits per heavy atom. The average molecular weight is 277 g/mol. The molecule has 1 heterocycles. The van der Waals surface area contributed by atoms with E-state index in [-0.39, 0.29) is 35.6 Å². The van der Waals surface area contributed by atoms with E-state index in [0.29, 0.717) is 15.6 Å². The minimum Gasteiger partial charge on any atom is -0.805 e. The Morgan fingerprint density at radius 3 is 2.85 bits per heavy atom.